The van der Waals surface area contributed by atoms with Crippen molar-refractivity contribution in [3.05, 3.63) is 35.9 Å². The van der Waals surface area contributed by atoms with E-state index in [1.807, 2.05) is 0 Å². The second-order valence-corrected chi connectivity index (χ2v) is 5.69. The molecule has 1 aromatic rings. The smallest absolute Gasteiger partial charge is 0.0250 e. The van der Waals surface area contributed by atoms with Crippen LogP contribution in [0.2, 0.25) is 0 Å². The molecule has 88 valence electrons. The topological polar surface area (TPSA) is 0 Å². The zero-order valence-corrected chi connectivity index (χ0v) is 10.7. The molecule has 1 atom stereocenters. The molecule has 0 aromatic heterocycles. The lowest BCUT2D eigenvalue weighted by atomic mass is 9.75. The third-order valence-corrected chi connectivity index (χ3v) is 4.27. The van der Waals surface area contributed by atoms with Crippen molar-refractivity contribution in [1.82, 2.24) is 0 Å². The van der Waals surface area contributed by atoms with Crippen LogP contribution in [0.5, 0.6) is 0 Å². The fraction of sp³-hybridized carbons (Fsp3) is 0.625. The minimum atomic E-state index is 0.856. The first-order valence-corrected chi connectivity index (χ1v) is 6.79. The van der Waals surface area contributed by atoms with Crippen LogP contribution >= 0.6 is 0 Å². The van der Waals surface area contributed by atoms with Gasteiger partial charge in [0, 0.05) is 0 Å². The van der Waals surface area contributed by atoms with E-state index in [-0.39, 0.29) is 0 Å². The standard InChI is InChI=1S/C16H24/c1-13-8-10-16(11-9-13)14(2)12-15-6-4-3-5-7-15/h3-7,13-14,16H,8-12H2,1-2H3. The van der Waals surface area contributed by atoms with Gasteiger partial charge in [0.2, 0.25) is 0 Å². The highest BCUT2D eigenvalue weighted by atomic mass is 14.3. The van der Waals surface area contributed by atoms with Crippen LogP contribution in [0, 0.1) is 17.8 Å². The Bertz CT molecular complexity index is 293. The zero-order chi connectivity index (χ0) is 11.4. The van der Waals surface area contributed by atoms with Gasteiger partial charge in [-0.05, 0) is 42.6 Å². The second kappa shape index (κ2) is 5.52. The van der Waals surface area contributed by atoms with E-state index in [2.05, 4.69) is 44.2 Å². The summed E-state index contributed by atoms with van der Waals surface area (Å²) in [7, 11) is 0. The summed E-state index contributed by atoms with van der Waals surface area (Å²) in [5.74, 6) is 2.80. The molecule has 1 aromatic carbocycles. The summed E-state index contributed by atoms with van der Waals surface area (Å²) in [6.45, 7) is 4.84. The van der Waals surface area contributed by atoms with E-state index in [1.165, 1.54) is 37.7 Å². The highest BCUT2D eigenvalue weighted by Gasteiger charge is 2.23. The number of rotatable bonds is 3. The van der Waals surface area contributed by atoms with Gasteiger partial charge < -0.3 is 0 Å². The molecule has 0 radical (unpaired) electrons. The normalized spacial score (nSPS) is 27.6. The Hall–Kier alpha value is -0.780. The van der Waals surface area contributed by atoms with Gasteiger partial charge >= 0.3 is 0 Å². The largest absolute Gasteiger partial charge is 0.0625 e. The number of benzene rings is 1. The third kappa shape index (κ3) is 3.10. The van der Waals surface area contributed by atoms with E-state index in [0.717, 1.165) is 17.8 Å². The molecule has 0 bridgehead atoms. The molecule has 0 heterocycles. The Morgan fingerprint density at radius 1 is 1.06 bits per heavy atom. The van der Waals surface area contributed by atoms with Gasteiger partial charge in [-0.1, -0.05) is 57.0 Å². The first-order valence-electron chi connectivity index (χ1n) is 6.79. The molecule has 0 nitrogen and oxygen atoms in total. The fourth-order valence-corrected chi connectivity index (χ4v) is 3.01. The van der Waals surface area contributed by atoms with Crippen molar-refractivity contribution in [3.8, 4) is 0 Å². The Balaban J connectivity index is 1.86. The van der Waals surface area contributed by atoms with Crippen molar-refractivity contribution in [2.24, 2.45) is 17.8 Å². The Kier molecular flexibility index (Phi) is 4.04. The predicted octanol–water partition coefficient (Wildman–Crippen LogP) is 4.69. The molecular formula is C16H24. The summed E-state index contributed by atoms with van der Waals surface area (Å²) >= 11 is 0. The average molecular weight is 216 g/mol. The van der Waals surface area contributed by atoms with Crippen molar-refractivity contribution in [2.75, 3.05) is 0 Å². The quantitative estimate of drug-likeness (QED) is 0.687. The van der Waals surface area contributed by atoms with E-state index in [1.54, 1.807) is 0 Å². The lowest BCUT2D eigenvalue weighted by molar-refractivity contribution is 0.222. The van der Waals surface area contributed by atoms with E-state index in [4.69, 9.17) is 0 Å². The molecule has 2 rings (SSSR count). The van der Waals surface area contributed by atoms with Crippen LogP contribution < -0.4 is 0 Å². The van der Waals surface area contributed by atoms with Crippen LogP contribution in [-0.4, -0.2) is 0 Å². The summed E-state index contributed by atoms with van der Waals surface area (Å²) in [6.07, 6.45) is 7.07. The fourth-order valence-electron chi connectivity index (χ4n) is 3.01. The molecule has 0 heteroatoms. The summed E-state index contributed by atoms with van der Waals surface area (Å²) in [4.78, 5) is 0. The van der Waals surface area contributed by atoms with Crippen LogP contribution in [0.3, 0.4) is 0 Å². The zero-order valence-electron chi connectivity index (χ0n) is 10.7. The molecule has 0 spiro atoms. The lowest BCUT2D eigenvalue weighted by Crippen LogP contribution is -2.20. The Morgan fingerprint density at radius 2 is 1.69 bits per heavy atom. The molecule has 16 heavy (non-hydrogen) atoms. The van der Waals surface area contributed by atoms with E-state index in [0.29, 0.717) is 0 Å². The van der Waals surface area contributed by atoms with Gasteiger partial charge in [0.25, 0.3) is 0 Å². The maximum absolute atomic E-state index is 2.44. The lowest BCUT2D eigenvalue weighted by Gasteiger charge is -2.30. The monoisotopic (exact) mass is 216 g/mol. The van der Waals surface area contributed by atoms with Gasteiger partial charge in [-0.25, -0.2) is 0 Å². The van der Waals surface area contributed by atoms with Crippen molar-refractivity contribution >= 4 is 0 Å². The van der Waals surface area contributed by atoms with E-state index in [9.17, 15) is 0 Å². The van der Waals surface area contributed by atoms with E-state index >= 15 is 0 Å². The van der Waals surface area contributed by atoms with Gasteiger partial charge in [0.15, 0.2) is 0 Å². The number of hydrogen-bond donors (Lipinski definition) is 0. The van der Waals surface area contributed by atoms with Crippen LogP contribution in [0.4, 0.5) is 0 Å². The molecule has 1 aliphatic rings. The second-order valence-electron chi connectivity index (χ2n) is 5.69. The maximum Gasteiger partial charge on any atom is -0.0250 e. The molecular weight excluding hydrogens is 192 g/mol. The summed E-state index contributed by atoms with van der Waals surface area (Å²) in [5.41, 5.74) is 1.51. The van der Waals surface area contributed by atoms with Gasteiger partial charge in [-0.2, -0.15) is 0 Å². The van der Waals surface area contributed by atoms with Crippen molar-refractivity contribution in [1.29, 1.82) is 0 Å². The van der Waals surface area contributed by atoms with E-state index < -0.39 is 0 Å². The first-order chi connectivity index (χ1) is 7.75. The minimum absolute atomic E-state index is 0.856. The molecule has 0 saturated heterocycles. The van der Waals surface area contributed by atoms with Crippen LogP contribution in [-0.2, 0) is 6.42 Å². The molecule has 1 aliphatic carbocycles. The van der Waals surface area contributed by atoms with Gasteiger partial charge in [-0.15, -0.1) is 0 Å². The molecule has 0 aliphatic heterocycles. The Morgan fingerprint density at radius 3 is 2.31 bits per heavy atom. The Labute approximate surface area is 100 Å². The number of hydrogen-bond acceptors (Lipinski definition) is 0. The maximum atomic E-state index is 2.44. The molecule has 1 fully saturated rings. The molecule has 0 amide bonds. The van der Waals surface area contributed by atoms with Crippen molar-refractivity contribution in [3.63, 3.8) is 0 Å². The van der Waals surface area contributed by atoms with Crippen LogP contribution in [0.1, 0.15) is 45.1 Å². The van der Waals surface area contributed by atoms with Gasteiger partial charge in [0.05, 0.1) is 0 Å². The van der Waals surface area contributed by atoms with Gasteiger partial charge in [0.1, 0.15) is 0 Å². The molecule has 0 N–H and O–H groups in total. The van der Waals surface area contributed by atoms with Crippen LogP contribution in [0.25, 0.3) is 0 Å². The highest BCUT2D eigenvalue weighted by Crippen LogP contribution is 2.34. The molecule has 1 saturated carbocycles. The van der Waals surface area contributed by atoms with Crippen molar-refractivity contribution < 1.29 is 0 Å². The highest BCUT2D eigenvalue weighted by molar-refractivity contribution is 5.15. The van der Waals surface area contributed by atoms with Gasteiger partial charge in [-0.3, -0.25) is 0 Å². The first kappa shape index (κ1) is 11.7. The summed E-state index contributed by atoms with van der Waals surface area (Å²) in [5, 5.41) is 0. The predicted molar refractivity (Wildman–Crippen MR) is 70.4 cm³/mol. The SMILES string of the molecule is CC1CCC(C(C)Cc2ccccc2)CC1. The molecule has 1 unspecified atom stereocenters. The van der Waals surface area contributed by atoms with Crippen LogP contribution in [0.15, 0.2) is 30.3 Å². The van der Waals surface area contributed by atoms with Crippen molar-refractivity contribution in [2.45, 2.75) is 46.0 Å². The average Bonchev–Trinajstić information content (AvgIpc) is 2.31. The third-order valence-electron chi connectivity index (χ3n) is 4.27. The minimum Gasteiger partial charge on any atom is -0.0625 e. The summed E-state index contributed by atoms with van der Waals surface area (Å²) < 4.78 is 0. The summed E-state index contributed by atoms with van der Waals surface area (Å²) in [6, 6.07) is 11.0.